The summed E-state index contributed by atoms with van der Waals surface area (Å²) in [6.07, 6.45) is -0.231. The first-order valence-corrected chi connectivity index (χ1v) is 11.3. The summed E-state index contributed by atoms with van der Waals surface area (Å²) < 4.78 is 38.6. The highest BCUT2D eigenvalue weighted by Gasteiger charge is 2.41. The predicted molar refractivity (Wildman–Crippen MR) is 113 cm³/mol. The highest BCUT2D eigenvalue weighted by molar-refractivity contribution is 7.99. The van der Waals surface area contributed by atoms with E-state index in [1.54, 1.807) is 23.6 Å². The van der Waals surface area contributed by atoms with Crippen molar-refractivity contribution < 1.29 is 27.8 Å². The first-order valence-electron chi connectivity index (χ1n) is 10.1. The van der Waals surface area contributed by atoms with Gasteiger partial charge in [-0.3, -0.25) is 9.69 Å². The molecule has 3 atom stereocenters. The van der Waals surface area contributed by atoms with Crippen LogP contribution in [0.4, 0.5) is 13.6 Å². The van der Waals surface area contributed by atoms with E-state index in [1.807, 2.05) is 20.8 Å². The van der Waals surface area contributed by atoms with Gasteiger partial charge in [-0.1, -0.05) is 13.0 Å². The summed E-state index contributed by atoms with van der Waals surface area (Å²) in [6, 6.07) is 3.47. The number of carbonyl (C=O) groups is 2. The number of thioether (sulfide) groups is 1. The molecule has 1 fully saturated rings. The van der Waals surface area contributed by atoms with Crippen molar-refractivity contribution in [3.63, 3.8) is 0 Å². The van der Waals surface area contributed by atoms with Crippen molar-refractivity contribution >= 4 is 23.6 Å². The second-order valence-electron chi connectivity index (χ2n) is 8.53. The van der Waals surface area contributed by atoms with E-state index in [4.69, 9.17) is 9.47 Å². The van der Waals surface area contributed by atoms with Crippen LogP contribution in [0.25, 0.3) is 0 Å². The molecule has 168 valence electrons. The van der Waals surface area contributed by atoms with E-state index in [-0.39, 0.29) is 30.2 Å². The normalized spacial score (nSPS) is 18.9. The standard InChI is InChI=1S/C22H31F2NO4S/c1-14(19(26)11-6-8-15-16(23)9-7-10-17(15)24)20(28-5)18-12-30-13-25(18)21(27)29-22(2,3)4/h7,9-10,14,18,20H,6,8,11-13H2,1-5H3/t14-,18?,20+/m0/s1. The minimum absolute atomic E-state index is 0.00420. The fourth-order valence-electron chi connectivity index (χ4n) is 3.55. The molecule has 0 bridgehead atoms. The SMILES string of the molecule is CO[C@@H](C1CSCN1C(=O)OC(C)(C)C)[C@@H](C)C(=O)CCCc1c(F)cccc1F. The number of carbonyl (C=O) groups excluding carboxylic acids is 2. The van der Waals surface area contributed by atoms with Gasteiger partial charge < -0.3 is 9.47 Å². The molecule has 1 amide bonds. The highest BCUT2D eigenvalue weighted by atomic mass is 32.2. The molecule has 0 aromatic heterocycles. The van der Waals surface area contributed by atoms with Gasteiger partial charge in [0.15, 0.2) is 0 Å². The molecule has 1 aromatic carbocycles. The van der Waals surface area contributed by atoms with E-state index in [0.717, 1.165) is 0 Å². The van der Waals surface area contributed by atoms with Crippen LogP contribution >= 0.6 is 11.8 Å². The van der Waals surface area contributed by atoms with Crippen molar-refractivity contribution in [3.05, 3.63) is 35.4 Å². The zero-order valence-electron chi connectivity index (χ0n) is 18.2. The van der Waals surface area contributed by atoms with Gasteiger partial charge in [0.25, 0.3) is 0 Å². The number of methoxy groups -OCH3 is 1. The Morgan fingerprint density at radius 3 is 2.47 bits per heavy atom. The summed E-state index contributed by atoms with van der Waals surface area (Å²) >= 11 is 1.59. The Bertz CT molecular complexity index is 733. The quantitative estimate of drug-likeness (QED) is 0.577. The van der Waals surface area contributed by atoms with Gasteiger partial charge in [-0.2, -0.15) is 0 Å². The molecular formula is C22H31F2NO4S. The van der Waals surface area contributed by atoms with Crippen molar-refractivity contribution in [1.29, 1.82) is 0 Å². The van der Waals surface area contributed by atoms with Crippen LogP contribution in [0.1, 0.15) is 46.1 Å². The first-order chi connectivity index (χ1) is 14.0. The van der Waals surface area contributed by atoms with Gasteiger partial charge in [-0.05, 0) is 45.7 Å². The number of amides is 1. The number of hydrogen-bond acceptors (Lipinski definition) is 5. The lowest BCUT2D eigenvalue weighted by molar-refractivity contribution is -0.128. The van der Waals surface area contributed by atoms with Crippen LogP contribution < -0.4 is 0 Å². The van der Waals surface area contributed by atoms with Gasteiger partial charge >= 0.3 is 6.09 Å². The summed E-state index contributed by atoms with van der Waals surface area (Å²) in [5, 5.41) is 0. The second-order valence-corrected chi connectivity index (χ2v) is 9.53. The van der Waals surface area contributed by atoms with Gasteiger partial charge in [-0.25, -0.2) is 13.6 Å². The van der Waals surface area contributed by atoms with Gasteiger partial charge in [0.05, 0.1) is 18.0 Å². The Balaban J connectivity index is 1.98. The van der Waals surface area contributed by atoms with E-state index in [1.165, 1.54) is 25.3 Å². The summed E-state index contributed by atoms with van der Waals surface area (Å²) in [7, 11) is 1.53. The third-order valence-electron chi connectivity index (χ3n) is 5.11. The van der Waals surface area contributed by atoms with E-state index in [9.17, 15) is 18.4 Å². The van der Waals surface area contributed by atoms with Crippen LogP contribution in [-0.2, 0) is 20.7 Å². The van der Waals surface area contributed by atoms with Gasteiger partial charge in [0.1, 0.15) is 23.0 Å². The smallest absolute Gasteiger partial charge is 0.411 e. The summed E-state index contributed by atoms with van der Waals surface area (Å²) in [4.78, 5) is 26.9. The molecule has 8 heteroatoms. The fourth-order valence-corrected chi connectivity index (χ4v) is 4.76. The van der Waals surface area contributed by atoms with Crippen LogP contribution in [0.15, 0.2) is 18.2 Å². The summed E-state index contributed by atoms with van der Waals surface area (Å²) in [6.45, 7) is 7.20. The number of halogens is 2. The van der Waals surface area contributed by atoms with Crippen molar-refractivity contribution in [2.45, 2.75) is 64.7 Å². The predicted octanol–water partition coefficient (Wildman–Crippen LogP) is 4.82. The van der Waals surface area contributed by atoms with E-state index in [0.29, 0.717) is 18.1 Å². The van der Waals surface area contributed by atoms with Gasteiger partial charge in [-0.15, -0.1) is 11.8 Å². The van der Waals surface area contributed by atoms with Crippen LogP contribution in [0.3, 0.4) is 0 Å². The number of benzene rings is 1. The molecule has 1 aliphatic heterocycles. The minimum atomic E-state index is -0.610. The molecule has 0 N–H and O–H groups in total. The van der Waals surface area contributed by atoms with Gasteiger partial charge in [0.2, 0.25) is 0 Å². The van der Waals surface area contributed by atoms with Crippen molar-refractivity contribution in [1.82, 2.24) is 4.90 Å². The maximum absolute atomic E-state index is 13.8. The minimum Gasteiger partial charge on any atom is -0.444 e. The molecule has 1 aliphatic rings. The molecule has 2 rings (SSSR count). The Kier molecular flexibility index (Phi) is 8.67. The highest BCUT2D eigenvalue weighted by Crippen LogP contribution is 2.30. The largest absolute Gasteiger partial charge is 0.444 e. The molecular weight excluding hydrogens is 412 g/mol. The average Bonchev–Trinajstić information content (AvgIpc) is 3.12. The number of Topliss-reactive ketones (excluding diaryl/α,β-unsaturated/α-hetero) is 1. The summed E-state index contributed by atoms with van der Waals surface area (Å²) in [5.74, 6) is -0.584. The molecule has 1 saturated heterocycles. The third-order valence-corrected chi connectivity index (χ3v) is 6.15. The Hall–Kier alpha value is -1.67. The van der Waals surface area contributed by atoms with Crippen molar-refractivity contribution in [2.75, 3.05) is 18.7 Å². The van der Waals surface area contributed by atoms with E-state index >= 15 is 0 Å². The summed E-state index contributed by atoms with van der Waals surface area (Å²) in [5.41, 5.74) is -0.606. The van der Waals surface area contributed by atoms with Gasteiger partial charge in [0, 0.05) is 30.8 Å². The zero-order valence-corrected chi connectivity index (χ0v) is 19.1. The van der Waals surface area contributed by atoms with Crippen LogP contribution in [0, 0.1) is 17.6 Å². The Morgan fingerprint density at radius 2 is 1.90 bits per heavy atom. The third kappa shape index (κ3) is 6.41. The molecule has 0 aliphatic carbocycles. The molecule has 5 nitrogen and oxygen atoms in total. The average molecular weight is 444 g/mol. The molecule has 30 heavy (non-hydrogen) atoms. The second kappa shape index (κ2) is 10.6. The number of ether oxygens (including phenoxy) is 2. The first kappa shape index (κ1) is 24.6. The fraction of sp³-hybridized carbons (Fsp3) is 0.636. The molecule has 0 spiro atoms. The van der Waals surface area contributed by atoms with Crippen molar-refractivity contribution in [3.8, 4) is 0 Å². The number of rotatable bonds is 8. The lowest BCUT2D eigenvalue weighted by Crippen LogP contribution is -2.50. The molecule has 1 unspecified atom stereocenters. The molecule has 1 heterocycles. The van der Waals surface area contributed by atoms with E-state index < -0.39 is 35.4 Å². The molecule has 0 radical (unpaired) electrons. The molecule has 0 saturated carbocycles. The maximum Gasteiger partial charge on any atom is 0.411 e. The number of ketones is 1. The molecule has 1 aromatic rings. The topological polar surface area (TPSA) is 55.8 Å². The number of hydrogen-bond donors (Lipinski definition) is 0. The maximum atomic E-state index is 13.8. The lowest BCUT2D eigenvalue weighted by atomic mass is 9.90. The van der Waals surface area contributed by atoms with Crippen LogP contribution in [-0.4, -0.2) is 53.3 Å². The monoisotopic (exact) mass is 443 g/mol. The van der Waals surface area contributed by atoms with Crippen molar-refractivity contribution in [2.24, 2.45) is 5.92 Å². The Morgan fingerprint density at radius 1 is 1.27 bits per heavy atom. The van der Waals surface area contributed by atoms with Crippen LogP contribution in [0.5, 0.6) is 0 Å². The zero-order chi connectivity index (χ0) is 22.5. The Labute approximate surface area is 181 Å². The van der Waals surface area contributed by atoms with Crippen LogP contribution in [0.2, 0.25) is 0 Å². The number of nitrogens with zero attached hydrogens (tertiary/aromatic N) is 1. The lowest BCUT2D eigenvalue weighted by Gasteiger charge is -2.34. The van der Waals surface area contributed by atoms with E-state index in [2.05, 4.69) is 0 Å².